The molecule has 0 aliphatic rings. The summed E-state index contributed by atoms with van der Waals surface area (Å²) in [5.74, 6) is -0.953. The van der Waals surface area contributed by atoms with Gasteiger partial charge in [0, 0.05) is 23.8 Å². The molecule has 6 nitrogen and oxygen atoms in total. The van der Waals surface area contributed by atoms with Crippen LogP contribution in [-0.4, -0.2) is 21.8 Å². The summed E-state index contributed by atoms with van der Waals surface area (Å²) in [6, 6.07) is 3.55. The second-order valence-electron chi connectivity index (χ2n) is 3.51. The Labute approximate surface area is 113 Å². The van der Waals surface area contributed by atoms with Crippen LogP contribution in [0.5, 0.6) is 0 Å². The van der Waals surface area contributed by atoms with E-state index in [0.717, 1.165) is 16.9 Å². The highest BCUT2D eigenvalue weighted by atomic mass is 32.1. The highest BCUT2D eigenvalue weighted by Crippen LogP contribution is 2.14. The van der Waals surface area contributed by atoms with Gasteiger partial charge in [-0.15, -0.1) is 11.3 Å². The molecule has 2 heterocycles. The number of hydrogen-bond acceptors (Lipinski definition) is 5. The van der Waals surface area contributed by atoms with Crippen LogP contribution in [0.25, 0.3) is 6.08 Å². The lowest BCUT2D eigenvalue weighted by molar-refractivity contribution is -0.111. The van der Waals surface area contributed by atoms with Gasteiger partial charge in [-0.05, 0) is 23.8 Å². The number of amides is 2. The first-order chi connectivity index (χ1) is 9.15. The molecule has 0 aliphatic carbocycles. The summed E-state index contributed by atoms with van der Waals surface area (Å²) in [4.78, 5) is 30.2. The van der Waals surface area contributed by atoms with Gasteiger partial charge in [0.1, 0.15) is 5.69 Å². The van der Waals surface area contributed by atoms with Gasteiger partial charge in [-0.25, -0.2) is 4.98 Å². The van der Waals surface area contributed by atoms with Gasteiger partial charge in [0.15, 0.2) is 5.13 Å². The van der Waals surface area contributed by atoms with Crippen LogP contribution in [0.15, 0.2) is 36.0 Å². The first kappa shape index (κ1) is 12.9. The van der Waals surface area contributed by atoms with Crippen molar-refractivity contribution in [3.63, 3.8) is 0 Å². The Morgan fingerprint density at radius 2 is 2.05 bits per heavy atom. The summed E-state index contributed by atoms with van der Waals surface area (Å²) in [6.45, 7) is 0. The summed E-state index contributed by atoms with van der Waals surface area (Å²) in [5, 5.41) is 4.37. The number of nitrogens with two attached hydrogens (primary N) is 1. The Morgan fingerprint density at radius 3 is 2.68 bits per heavy atom. The van der Waals surface area contributed by atoms with Crippen molar-refractivity contribution in [2.75, 3.05) is 5.32 Å². The zero-order valence-corrected chi connectivity index (χ0v) is 10.6. The maximum atomic E-state index is 11.6. The van der Waals surface area contributed by atoms with Gasteiger partial charge in [-0.3, -0.25) is 19.9 Å². The van der Waals surface area contributed by atoms with Crippen LogP contribution in [0, 0.1) is 0 Å². The smallest absolute Gasteiger partial charge is 0.268 e. The minimum Gasteiger partial charge on any atom is -0.364 e. The average molecular weight is 274 g/mol. The van der Waals surface area contributed by atoms with Gasteiger partial charge >= 0.3 is 0 Å². The number of nitrogens with zero attached hydrogens (tertiary/aromatic N) is 2. The number of thiazole rings is 1. The van der Waals surface area contributed by atoms with E-state index in [9.17, 15) is 9.59 Å². The first-order valence-electron chi connectivity index (χ1n) is 5.29. The van der Waals surface area contributed by atoms with Crippen molar-refractivity contribution in [2.45, 2.75) is 0 Å². The topological polar surface area (TPSA) is 98.0 Å². The van der Waals surface area contributed by atoms with Crippen molar-refractivity contribution in [3.05, 3.63) is 47.2 Å². The van der Waals surface area contributed by atoms with Gasteiger partial charge in [-0.1, -0.05) is 0 Å². The Morgan fingerprint density at radius 1 is 1.32 bits per heavy atom. The van der Waals surface area contributed by atoms with Crippen LogP contribution in [0.4, 0.5) is 5.13 Å². The monoisotopic (exact) mass is 274 g/mol. The van der Waals surface area contributed by atoms with Gasteiger partial charge in [0.25, 0.3) is 5.91 Å². The molecule has 0 atom stereocenters. The fraction of sp³-hybridized carbons (Fsp3) is 0. The van der Waals surface area contributed by atoms with Crippen molar-refractivity contribution in [1.29, 1.82) is 0 Å². The third kappa shape index (κ3) is 3.71. The molecule has 2 aromatic rings. The number of hydrogen-bond donors (Lipinski definition) is 2. The molecular formula is C12H10N4O2S. The minimum absolute atomic E-state index is 0.137. The molecule has 0 spiro atoms. The lowest BCUT2D eigenvalue weighted by atomic mass is 10.2. The van der Waals surface area contributed by atoms with Gasteiger partial charge in [0.2, 0.25) is 5.91 Å². The first-order valence-corrected chi connectivity index (χ1v) is 6.17. The maximum absolute atomic E-state index is 11.6. The zero-order chi connectivity index (χ0) is 13.7. The van der Waals surface area contributed by atoms with Crippen LogP contribution < -0.4 is 11.1 Å². The fourth-order valence-electron chi connectivity index (χ4n) is 1.24. The summed E-state index contributed by atoms with van der Waals surface area (Å²) in [5.41, 5.74) is 6.07. The molecular weight excluding hydrogens is 264 g/mol. The maximum Gasteiger partial charge on any atom is 0.268 e. The van der Waals surface area contributed by atoms with Crippen molar-refractivity contribution in [3.8, 4) is 0 Å². The van der Waals surface area contributed by atoms with Crippen molar-refractivity contribution in [2.24, 2.45) is 5.73 Å². The molecule has 96 valence electrons. The lowest BCUT2D eigenvalue weighted by Gasteiger charge is -1.95. The Bertz CT molecular complexity index is 622. The number of pyridine rings is 1. The predicted molar refractivity (Wildman–Crippen MR) is 72.5 cm³/mol. The lowest BCUT2D eigenvalue weighted by Crippen LogP contribution is -2.12. The van der Waals surface area contributed by atoms with E-state index < -0.39 is 5.91 Å². The summed E-state index contributed by atoms with van der Waals surface area (Å²) in [6.07, 6.45) is 6.30. The molecule has 0 fully saturated rings. The van der Waals surface area contributed by atoms with Crippen molar-refractivity contribution in [1.82, 2.24) is 9.97 Å². The molecule has 7 heteroatoms. The Balaban J connectivity index is 1.97. The number of nitrogens with one attached hydrogen (secondary N) is 1. The largest absolute Gasteiger partial charge is 0.364 e. The molecule has 19 heavy (non-hydrogen) atoms. The Hall–Kier alpha value is -2.54. The number of primary amides is 1. The van der Waals surface area contributed by atoms with Gasteiger partial charge < -0.3 is 5.73 Å². The number of rotatable bonds is 4. The number of carbonyl (C=O) groups is 2. The van der Waals surface area contributed by atoms with Crippen LogP contribution >= 0.6 is 11.3 Å². The van der Waals surface area contributed by atoms with Crippen LogP contribution in [0.3, 0.4) is 0 Å². The van der Waals surface area contributed by atoms with E-state index in [1.807, 2.05) is 0 Å². The van der Waals surface area contributed by atoms with E-state index in [1.54, 1.807) is 30.6 Å². The zero-order valence-electron chi connectivity index (χ0n) is 9.74. The van der Waals surface area contributed by atoms with Crippen molar-refractivity contribution < 1.29 is 9.59 Å². The third-order valence-corrected chi connectivity index (χ3v) is 2.88. The van der Waals surface area contributed by atoms with E-state index in [2.05, 4.69) is 15.3 Å². The SMILES string of the molecule is NC(=O)c1csc(NC(=O)/C=C\c2ccncc2)n1. The second kappa shape index (κ2) is 5.87. The Kier molecular flexibility index (Phi) is 3.99. The molecule has 0 aliphatic heterocycles. The summed E-state index contributed by atoms with van der Waals surface area (Å²) >= 11 is 1.14. The number of aromatic nitrogens is 2. The van der Waals surface area contributed by atoms with Gasteiger partial charge in [0.05, 0.1) is 0 Å². The number of anilines is 1. The van der Waals surface area contributed by atoms with Crippen LogP contribution in [0.1, 0.15) is 16.1 Å². The molecule has 2 aromatic heterocycles. The molecule has 2 rings (SSSR count). The second-order valence-corrected chi connectivity index (χ2v) is 4.36. The molecule has 0 aromatic carbocycles. The van der Waals surface area contributed by atoms with Gasteiger partial charge in [-0.2, -0.15) is 0 Å². The van der Waals surface area contributed by atoms with E-state index in [0.29, 0.717) is 5.13 Å². The normalized spacial score (nSPS) is 10.5. The quantitative estimate of drug-likeness (QED) is 0.821. The van der Waals surface area contributed by atoms with Crippen LogP contribution in [-0.2, 0) is 4.79 Å². The third-order valence-electron chi connectivity index (χ3n) is 2.12. The fourth-order valence-corrected chi connectivity index (χ4v) is 1.94. The van der Waals surface area contributed by atoms with E-state index in [-0.39, 0.29) is 11.6 Å². The van der Waals surface area contributed by atoms with Crippen LogP contribution in [0.2, 0.25) is 0 Å². The summed E-state index contributed by atoms with van der Waals surface area (Å²) in [7, 11) is 0. The molecule has 3 N–H and O–H groups in total. The van der Waals surface area contributed by atoms with E-state index in [1.165, 1.54) is 11.5 Å². The molecule has 0 radical (unpaired) electrons. The van der Waals surface area contributed by atoms with E-state index >= 15 is 0 Å². The highest BCUT2D eigenvalue weighted by Gasteiger charge is 2.07. The molecule has 0 saturated heterocycles. The summed E-state index contributed by atoms with van der Waals surface area (Å²) < 4.78 is 0. The predicted octanol–water partition coefficient (Wildman–Crippen LogP) is 1.29. The number of carbonyl (C=O) groups excluding carboxylic acids is 2. The molecule has 0 bridgehead atoms. The van der Waals surface area contributed by atoms with E-state index in [4.69, 9.17) is 5.73 Å². The minimum atomic E-state index is -0.621. The molecule has 2 amide bonds. The standard InChI is InChI=1S/C12H10N4O2S/c13-11(18)9-7-19-12(15-9)16-10(17)2-1-8-3-5-14-6-4-8/h1-7H,(H2,13,18)(H,15,16,17)/b2-1-. The van der Waals surface area contributed by atoms with Crippen molar-refractivity contribution >= 4 is 34.4 Å². The highest BCUT2D eigenvalue weighted by molar-refractivity contribution is 7.14. The average Bonchev–Trinajstić information content (AvgIpc) is 2.86. The molecule has 0 saturated carbocycles. The molecule has 0 unspecified atom stereocenters.